The maximum atomic E-state index is 3.71. The Morgan fingerprint density at radius 3 is 2.91 bits per heavy atom. The molecule has 4 aromatic rings. The summed E-state index contributed by atoms with van der Waals surface area (Å²) in [6, 6.07) is 13.3. The van der Waals surface area contributed by atoms with Crippen molar-refractivity contribution in [2.24, 2.45) is 0 Å². The van der Waals surface area contributed by atoms with Crippen LogP contribution in [-0.2, 0) is 0 Å². The Balaban J connectivity index is 1.82. The van der Waals surface area contributed by atoms with E-state index >= 15 is 0 Å². The second-order valence-electron chi connectivity index (χ2n) is 6.38. The molecular weight excluding hydrogens is 366 g/mol. The van der Waals surface area contributed by atoms with Crippen molar-refractivity contribution in [3.8, 4) is 0 Å². The molecule has 0 amide bonds. The number of aromatic amines is 1. The normalized spacial score (nSPS) is 19.4. The molecule has 6 rings (SSSR count). The number of fused-ring (bicyclic) bond motifs is 9. The summed E-state index contributed by atoms with van der Waals surface area (Å²) in [5, 5.41) is 4.20. The van der Waals surface area contributed by atoms with Crippen molar-refractivity contribution in [3.05, 3.63) is 63.8 Å². The zero-order valence-electron chi connectivity index (χ0n) is 12.2. The highest BCUT2D eigenvalue weighted by Gasteiger charge is 2.38. The first-order chi connectivity index (χ1) is 11.3. The van der Waals surface area contributed by atoms with Gasteiger partial charge in [-0.3, -0.25) is 0 Å². The molecule has 110 valence electrons. The number of allylic oxidation sites excluding steroid dienone is 3. The second kappa shape index (κ2) is 4.16. The van der Waals surface area contributed by atoms with Crippen molar-refractivity contribution in [1.29, 1.82) is 0 Å². The number of hydrogen-bond donors (Lipinski definition) is 1. The summed E-state index contributed by atoms with van der Waals surface area (Å²) in [7, 11) is 0. The first-order valence-electron chi connectivity index (χ1n) is 7.84. The van der Waals surface area contributed by atoms with Gasteiger partial charge in [-0.15, -0.1) is 11.3 Å². The van der Waals surface area contributed by atoms with Crippen LogP contribution >= 0.6 is 27.3 Å². The van der Waals surface area contributed by atoms with Crippen molar-refractivity contribution in [1.82, 2.24) is 4.98 Å². The zero-order valence-corrected chi connectivity index (χ0v) is 14.6. The second-order valence-corrected chi connectivity index (χ2v) is 8.29. The van der Waals surface area contributed by atoms with Crippen LogP contribution in [0.3, 0.4) is 0 Å². The van der Waals surface area contributed by atoms with Crippen LogP contribution in [0.2, 0.25) is 0 Å². The minimum Gasteiger partial charge on any atom is -0.355 e. The highest BCUT2D eigenvalue weighted by molar-refractivity contribution is 9.11. The third kappa shape index (κ3) is 1.57. The summed E-state index contributed by atoms with van der Waals surface area (Å²) in [4.78, 5) is 3.64. The lowest BCUT2D eigenvalue weighted by atomic mass is 10.0. The molecule has 23 heavy (non-hydrogen) atoms. The van der Waals surface area contributed by atoms with Crippen LogP contribution in [-0.4, -0.2) is 4.98 Å². The molecule has 1 fully saturated rings. The van der Waals surface area contributed by atoms with Crippen LogP contribution in [0.4, 0.5) is 0 Å². The molecule has 0 aliphatic heterocycles. The van der Waals surface area contributed by atoms with Gasteiger partial charge in [0.1, 0.15) is 0 Å². The van der Waals surface area contributed by atoms with E-state index in [0.29, 0.717) is 5.92 Å². The number of thiophene rings is 1. The molecule has 1 atom stereocenters. The molecule has 1 saturated carbocycles. The van der Waals surface area contributed by atoms with E-state index < -0.39 is 0 Å². The van der Waals surface area contributed by atoms with Gasteiger partial charge in [-0.2, -0.15) is 0 Å². The Morgan fingerprint density at radius 2 is 1.96 bits per heavy atom. The summed E-state index contributed by atoms with van der Waals surface area (Å²) in [6.45, 7) is 0. The summed E-state index contributed by atoms with van der Waals surface area (Å²) < 4.78 is 4.07. The highest BCUT2D eigenvalue weighted by atomic mass is 79.9. The lowest BCUT2D eigenvalue weighted by Gasteiger charge is -1.99. The van der Waals surface area contributed by atoms with Crippen LogP contribution in [0.5, 0.6) is 0 Å². The SMILES string of the molecule is BrC1=C2CC2c2c([nH]c3ccc4c5ccccc5sc4c23)C=C1. The Bertz CT molecular complexity index is 1200. The van der Waals surface area contributed by atoms with Crippen LogP contribution in [0.15, 0.2) is 52.5 Å². The fourth-order valence-electron chi connectivity index (χ4n) is 3.97. The minimum atomic E-state index is 0.582. The molecule has 2 aliphatic carbocycles. The first kappa shape index (κ1) is 12.6. The maximum absolute atomic E-state index is 3.71. The summed E-state index contributed by atoms with van der Waals surface area (Å²) in [6.07, 6.45) is 5.60. The minimum absolute atomic E-state index is 0.582. The summed E-state index contributed by atoms with van der Waals surface area (Å²) in [5.74, 6) is 0.582. The average molecular weight is 378 g/mol. The molecule has 3 heteroatoms. The van der Waals surface area contributed by atoms with Crippen LogP contribution in [0.1, 0.15) is 23.6 Å². The van der Waals surface area contributed by atoms with Gasteiger partial charge >= 0.3 is 0 Å². The van der Waals surface area contributed by atoms with Crippen LogP contribution < -0.4 is 0 Å². The van der Waals surface area contributed by atoms with Crippen molar-refractivity contribution in [3.63, 3.8) is 0 Å². The van der Waals surface area contributed by atoms with Gasteiger partial charge in [0.15, 0.2) is 0 Å². The predicted molar refractivity (Wildman–Crippen MR) is 104 cm³/mol. The number of rotatable bonds is 0. The number of benzene rings is 2. The Hall–Kier alpha value is -1.84. The molecule has 1 nitrogen and oxygen atoms in total. The van der Waals surface area contributed by atoms with E-state index in [-0.39, 0.29) is 0 Å². The van der Waals surface area contributed by atoms with Gasteiger partial charge in [-0.05, 0) is 41.8 Å². The van der Waals surface area contributed by atoms with Crippen LogP contribution in [0, 0.1) is 0 Å². The molecule has 2 heterocycles. The quantitative estimate of drug-likeness (QED) is 0.350. The molecule has 1 N–H and O–H groups in total. The molecule has 2 aromatic heterocycles. The number of halogens is 1. The Labute approximate surface area is 145 Å². The molecule has 2 aliphatic rings. The Morgan fingerprint density at radius 1 is 1.04 bits per heavy atom. The number of hydrogen-bond acceptors (Lipinski definition) is 1. The summed E-state index contributed by atoms with van der Waals surface area (Å²) >= 11 is 5.64. The molecule has 0 spiro atoms. The van der Waals surface area contributed by atoms with Crippen molar-refractivity contribution in [2.75, 3.05) is 0 Å². The van der Waals surface area contributed by atoms with E-state index in [9.17, 15) is 0 Å². The third-order valence-electron chi connectivity index (χ3n) is 5.11. The van der Waals surface area contributed by atoms with Gasteiger partial charge in [-0.1, -0.05) is 40.2 Å². The molecular formula is C20H12BrNS. The van der Waals surface area contributed by atoms with Gasteiger partial charge in [-0.25, -0.2) is 0 Å². The molecule has 0 saturated heterocycles. The van der Waals surface area contributed by atoms with Gasteiger partial charge < -0.3 is 4.98 Å². The van der Waals surface area contributed by atoms with E-state index in [1.54, 1.807) is 5.57 Å². The largest absolute Gasteiger partial charge is 0.355 e. The Kier molecular flexibility index (Phi) is 2.27. The van der Waals surface area contributed by atoms with Gasteiger partial charge in [0.2, 0.25) is 0 Å². The molecule has 1 unspecified atom stereocenters. The maximum Gasteiger partial charge on any atom is 0.0476 e. The molecule has 2 aromatic carbocycles. The van der Waals surface area contributed by atoms with E-state index in [1.807, 2.05) is 11.3 Å². The monoisotopic (exact) mass is 377 g/mol. The molecule has 0 radical (unpaired) electrons. The fourth-order valence-corrected chi connectivity index (χ4v) is 5.80. The third-order valence-corrected chi connectivity index (χ3v) is 7.09. The molecule has 0 bridgehead atoms. The lowest BCUT2D eigenvalue weighted by Crippen LogP contribution is -1.80. The number of nitrogens with one attached hydrogen (secondary N) is 1. The number of H-pyrrole nitrogens is 1. The van der Waals surface area contributed by atoms with E-state index in [0.717, 1.165) is 0 Å². The van der Waals surface area contributed by atoms with Gasteiger partial charge in [0.05, 0.1) is 0 Å². The summed E-state index contributed by atoms with van der Waals surface area (Å²) in [5.41, 5.74) is 5.58. The van der Waals surface area contributed by atoms with Gasteiger partial charge in [0, 0.05) is 47.2 Å². The van der Waals surface area contributed by atoms with E-state index in [1.165, 1.54) is 53.2 Å². The van der Waals surface area contributed by atoms with E-state index in [2.05, 4.69) is 69.5 Å². The van der Waals surface area contributed by atoms with E-state index in [4.69, 9.17) is 0 Å². The predicted octanol–water partition coefficient (Wildman–Crippen LogP) is 6.70. The lowest BCUT2D eigenvalue weighted by molar-refractivity contribution is 1.17. The highest BCUT2D eigenvalue weighted by Crippen LogP contribution is 2.56. The fraction of sp³-hybridized carbons (Fsp3) is 0.100. The number of aromatic nitrogens is 1. The smallest absolute Gasteiger partial charge is 0.0476 e. The van der Waals surface area contributed by atoms with Crippen molar-refractivity contribution < 1.29 is 0 Å². The van der Waals surface area contributed by atoms with Crippen molar-refractivity contribution >= 4 is 64.4 Å². The van der Waals surface area contributed by atoms with Crippen LogP contribution in [0.25, 0.3) is 37.2 Å². The van der Waals surface area contributed by atoms with Gasteiger partial charge in [0.25, 0.3) is 0 Å². The zero-order chi connectivity index (χ0) is 15.1. The topological polar surface area (TPSA) is 15.8 Å². The standard InChI is InChI=1S/C20H12BrNS/c21-14-6-8-15-18(13-9-12(13)14)19-16(22-15)7-5-11-10-3-1-2-4-17(10)23-20(11)19/h1-8,13,22H,9H2. The first-order valence-corrected chi connectivity index (χ1v) is 9.44. The van der Waals surface area contributed by atoms with Crippen molar-refractivity contribution in [2.45, 2.75) is 12.3 Å². The average Bonchev–Trinajstić information content (AvgIpc) is 3.16.